The second-order valence-corrected chi connectivity index (χ2v) is 8.92. The Kier molecular flexibility index (Phi) is 5.50. The molecule has 2 heterocycles. The number of aryl methyl sites for hydroxylation is 2. The fourth-order valence-electron chi connectivity index (χ4n) is 4.14. The molecule has 0 bridgehead atoms. The predicted molar refractivity (Wildman–Crippen MR) is 119 cm³/mol. The molecule has 5 nitrogen and oxygen atoms in total. The Balaban J connectivity index is 1.77. The molecule has 3 aromatic rings. The van der Waals surface area contributed by atoms with Gasteiger partial charge in [-0.3, -0.25) is 0 Å². The zero-order chi connectivity index (χ0) is 20.4. The van der Waals surface area contributed by atoms with Crippen molar-refractivity contribution in [3.8, 4) is 16.6 Å². The summed E-state index contributed by atoms with van der Waals surface area (Å²) in [5.74, 6) is 0.980. The molecule has 0 radical (unpaired) electrons. The molecule has 0 unspecified atom stereocenters. The van der Waals surface area contributed by atoms with E-state index in [1.54, 1.807) is 11.3 Å². The maximum absolute atomic E-state index is 9.83. The molecule has 2 aromatic heterocycles. The molecule has 29 heavy (non-hydrogen) atoms. The topological polar surface area (TPSA) is 87.6 Å². The second-order valence-electron chi connectivity index (χ2n) is 7.70. The first-order valence-corrected chi connectivity index (χ1v) is 10.9. The average molecular weight is 404 g/mol. The smallest absolute Gasteiger partial charge is 0.227 e. The van der Waals surface area contributed by atoms with E-state index >= 15 is 0 Å². The van der Waals surface area contributed by atoms with Gasteiger partial charge >= 0.3 is 0 Å². The van der Waals surface area contributed by atoms with Gasteiger partial charge in [0.15, 0.2) is 0 Å². The van der Waals surface area contributed by atoms with Crippen LogP contribution in [-0.2, 0) is 0 Å². The van der Waals surface area contributed by atoms with Crippen molar-refractivity contribution in [2.75, 3.05) is 11.1 Å². The summed E-state index contributed by atoms with van der Waals surface area (Å²) in [6.45, 7) is 4.08. The maximum Gasteiger partial charge on any atom is 0.227 e. The molecule has 6 heteroatoms. The molecule has 148 valence electrons. The highest BCUT2D eigenvalue weighted by molar-refractivity contribution is 7.15. The van der Waals surface area contributed by atoms with Crippen LogP contribution >= 0.6 is 11.3 Å². The van der Waals surface area contributed by atoms with Gasteiger partial charge in [-0.05, 0) is 61.9 Å². The van der Waals surface area contributed by atoms with Crippen LogP contribution in [0.25, 0.3) is 10.6 Å². The van der Waals surface area contributed by atoms with Crippen molar-refractivity contribution in [1.82, 2.24) is 9.97 Å². The number of nitrogens with zero attached hydrogens (tertiary/aromatic N) is 3. The van der Waals surface area contributed by atoms with Crippen LogP contribution in [0.2, 0.25) is 0 Å². The monoisotopic (exact) mass is 403 g/mol. The lowest BCUT2D eigenvalue weighted by Gasteiger charge is -2.23. The highest BCUT2D eigenvalue weighted by Crippen LogP contribution is 2.45. The molecule has 0 spiro atoms. The molecule has 0 atom stereocenters. The molecule has 1 aliphatic carbocycles. The highest BCUT2D eigenvalue weighted by atomic mass is 32.1. The van der Waals surface area contributed by atoms with Gasteiger partial charge < -0.3 is 11.1 Å². The average Bonchev–Trinajstić information content (AvgIpc) is 3.06. The predicted octanol–water partition coefficient (Wildman–Crippen LogP) is 6.07. The number of hydrogen-bond donors (Lipinski definition) is 2. The van der Waals surface area contributed by atoms with Crippen LogP contribution in [0.1, 0.15) is 59.6 Å². The minimum atomic E-state index is 0.443. The second kappa shape index (κ2) is 8.22. The number of rotatable bonds is 4. The summed E-state index contributed by atoms with van der Waals surface area (Å²) >= 11 is 1.68. The van der Waals surface area contributed by atoms with E-state index in [1.165, 1.54) is 24.8 Å². The Morgan fingerprint density at radius 3 is 2.72 bits per heavy atom. The van der Waals surface area contributed by atoms with E-state index in [0.717, 1.165) is 45.1 Å². The largest absolute Gasteiger partial charge is 0.399 e. The molecule has 4 rings (SSSR count). The van der Waals surface area contributed by atoms with Gasteiger partial charge in [-0.2, -0.15) is 5.26 Å². The summed E-state index contributed by atoms with van der Waals surface area (Å²) in [4.78, 5) is 11.5. The Morgan fingerprint density at radius 2 is 2.00 bits per heavy atom. The van der Waals surface area contributed by atoms with Crippen LogP contribution in [0.15, 0.2) is 30.5 Å². The van der Waals surface area contributed by atoms with Gasteiger partial charge in [0.25, 0.3) is 0 Å². The van der Waals surface area contributed by atoms with E-state index < -0.39 is 0 Å². The maximum atomic E-state index is 9.83. The molecule has 0 amide bonds. The van der Waals surface area contributed by atoms with E-state index in [9.17, 15) is 5.26 Å². The molecule has 1 saturated carbocycles. The SMILES string of the molecule is Cc1cnc(Nc2cccc(N)c2)nc1-c1sc(C)c(C#N)c1C1CCCCC1. The lowest BCUT2D eigenvalue weighted by molar-refractivity contribution is 0.444. The van der Waals surface area contributed by atoms with Gasteiger partial charge in [-0.15, -0.1) is 11.3 Å². The van der Waals surface area contributed by atoms with Crippen LogP contribution in [-0.4, -0.2) is 9.97 Å². The molecule has 0 aliphatic heterocycles. The number of benzene rings is 1. The van der Waals surface area contributed by atoms with Crippen molar-refractivity contribution in [2.24, 2.45) is 0 Å². The summed E-state index contributed by atoms with van der Waals surface area (Å²) in [6, 6.07) is 10.0. The summed E-state index contributed by atoms with van der Waals surface area (Å²) in [5.41, 5.74) is 11.4. The van der Waals surface area contributed by atoms with Crippen LogP contribution in [0, 0.1) is 25.2 Å². The van der Waals surface area contributed by atoms with Gasteiger partial charge in [-0.25, -0.2) is 9.97 Å². The van der Waals surface area contributed by atoms with E-state index in [4.69, 9.17) is 10.7 Å². The van der Waals surface area contributed by atoms with E-state index in [-0.39, 0.29) is 0 Å². The Bertz CT molecular complexity index is 1070. The van der Waals surface area contributed by atoms with Crippen molar-refractivity contribution >= 4 is 28.7 Å². The van der Waals surface area contributed by atoms with Gasteiger partial charge in [0, 0.05) is 22.4 Å². The van der Waals surface area contributed by atoms with Crippen LogP contribution in [0.4, 0.5) is 17.3 Å². The molecular weight excluding hydrogens is 378 g/mol. The molecular formula is C23H25N5S. The number of anilines is 3. The van der Waals surface area contributed by atoms with Gasteiger partial charge in [-0.1, -0.05) is 25.3 Å². The molecule has 0 saturated heterocycles. The number of nitrogen functional groups attached to an aromatic ring is 1. The lowest BCUT2D eigenvalue weighted by Crippen LogP contribution is -2.07. The molecule has 3 N–H and O–H groups in total. The first kappa shape index (κ1) is 19.4. The van der Waals surface area contributed by atoms with E-state index in [2.05, 4.69) is 16.4 Å². The number of aromatic nitrogens is 2. The lowest BCUT2D eigenvalue weighted by atomic mass is 9.82. The summed E-state index contributed by atoms with van der Waals surface area (Å²) < 4.78 is 0. The zero-order valence-electron chi connectivity index (χ0n) is 16.8. The van der Waals surface area contributed by atoms with Crippen LogP contribution in [0.5, 0.6) is 0 Å². The molecule has 1 aliphatic rings. The third-order valence-electron chi connectivity index (χ3n) is 5.58. The molecule has 1 aromatic carbocycles. The van der Waals surface area contributed by atoms with Crippen LogP contribution < -0.4 is 11.1 Å². The third-order valence-corrected chi connectivity index (χ3v) is 6.70. The van der Waals surface area contributed by atoms with Crippen molar-refractivity contribution < 1.29 is 0 Å². The quantitative estimate of drug-likeness (QED) is 0.516. The summed E-state index contributed by atoms with van der Waals surface area (Å²) in [6.07, 6.45) is 7.90. The fraction of sp³-hybridized carbons (Fsp3) is 0.348. The Morgan fingerprint density at radius 1 is 1.21 bits per heavy atom. The van der Waals surface area contributed by atoms with E-state index in [1.807, 2.05) is 44.3 Å². The number of nitriles is 1. The first-order chi connectivity index (χ1) is 14.1. The summed E-state index contributed by atoms with van der Waals surface area (Å²) in [7, 11) is 0. The normalized spacial score (nSPS) is 14.5. The Hall–Kier alpha value is -2.91. The third kappa shape index (κ3) is 3.96. The standard InChI is InChI=1S/C23H25N5S/c1-14-13-26-23(27-18-10-6-9-17(25)11-18)28-21(14)22-20(16-7-4-3-5-8-16)19(12-24)15(2)29-22/h6,9-11,13,16H,3-5,7-8,25H2,1-2H3,(H,26,27,28). The van der Waals surface area contributed by atoms with Crippen molar-refractivity contribution in [3.63, 3.8) is 0 Å². The first-order valence-electron chi connectivity index (χ1n) is 10.1. The van der Waals surface area contributed by atoms with E-state index in [0.29, 0.717) is 17.6 Å². The molecule has 1 fully saturated rings. The summed E-state index contributed by atoms with van der Waals surface area (Å²) in [5, 5.41) is 13.1. The number of thiophene rings is 1. The van der Waals surface area contributed by atoms with Gasteiger partial charge in [0.2, 0.25) is 5.95 Å². The van der Waals surface area contributed by atoms with Crippen molar-refractivity contribution in [2.45, 2.75) is 51.9 Å². The van der Waals surface area contributed by atoms with Crippen molar-refractivity contribution in [3.05, 3.63) is 52.0 Å². The minimum absolute atomic E-state index is 0.443. The van der Waals surface area contributed by atoms with Crippen molar-refractivity contribution in [1.29, 1.82) is 5.26 Å². The zero-order valence-corrected chi connectivity index (χ0v) is 17.6. The number of nitrogens with one attached hydrogen (secondary N) is 1. The fourth-order valence-corrected chi connectivity index (χ4v) is 5.38. The number of hydrogen-bond acceptors (Lipinski definition) is 6. The van der Waals surface area contributed by atoms with Gasteiger partial charge in [0.1, 0.15) is 6.07 Å². The highest BCUT2D eigenvalue weighted by Gasteiger charge is 2.27. The number of nitrogens with two attached hydrogens (primary N) is 1. The van der Waals surface area contributed by atoms with Crippen LogP contribution in [0.3, 0.4) is 0 Å². The van der Waals surface area contributed by atoms with Gasteiger partial charge in [0.05, 0.1) is 16.1 Å². The Labute approximate surface area is 175 Å². The minimum Gasteiger partial charge on any atom is -0.399 e.